The third kappa shape index (κ3) is 5.09. The van der Waals surface area contributed by atoms with Gasteiger partial charge in [-0.3, -0.25) is 4.79 Å². The fourth-order valence-electron chi connectivity index (χ4n) is 2.13. The van der Waals surface area contributed by atoms with E-state index < -0.39 is 0 Å². The van der Waals surface area contributed by atoms with Crippen molar-refractivity contribution in [2.24, 2.45) is 5.92 Å². The van der Waals surface area contributed by atoms with Crippen molar-refractivity contribution in [3.05, 3.63) is 29.3 Å². The summed E-state index contributed by atoms with van der Waals surface area (Å²) < 4.78 is 5.36. The van der Waals surface area contributed by atoms with Gasteiger partial charge in [0.1, 0.15) is 5.75 Å². The molecule has 1 aliphatic rings. The normalized spacial score (nSPS) is 18.3. The Morgan fingerprint density at radius 1 is 1.53 bits per heavy atom. The van der Waals surface area contributed by atoms with Crippen LogP contribution >= 0.6 is 11.6 Å². The van der Waals surface area contributed by atoms with Crippen molar-refractivity contribution in [2.45, 2.75) is 12.8 Å². The first-order valence-electron chi connectivity index (χ1n) is 6.60. The fraction of sp³-hybridized carbons (Fsp3) is 0.500. The highest BCUT2D eigenvalue weighted by atomic mass is 35.5. The Morgan fingerprint density at radius 2 is 2.42 bits per heavy atom. The number of carbonyl (C=O) groups is 1. The van der Waals surface area contributed by atoms with Gasteiger partial charge in [-0.1, -0.05) is 17.7 Å². The van der Waals surface area contributed by atoms with Gasteiger partial charge >= 0.3 is 0 Å². The number of carbonyl (C=O) groups excluding carboxylic acids is 1. The Kier molecular flexibility index (Phi) is 5.48. The lowest BCUT2D eigenvalue weighted by Crippen LogP contribution is -2.30. The van der Waals surface area contributed by atoms with Gasteiger partial charge in [-0.15, -0.1) is 0 Å². The molecule has 0 saturated carbocycles. The van der Waals surface area contributed by atoms with Gasteiger partial charge in [0.2, 0.25) is 0 Å². The van der Waals surface area contributed by atoms with Crippen LogP contribution in [-0.4, -0.2) is 32.1 Å². The number of hydrogen-bond acceptors (Lipinski definition) is 3. The van der Waals surface area contributed by atoms with E-state index in [1.807, 2.05) is 0 Å². The number of halogens is 1. The third-order valence-electron chi connectivity index (χ3n) is 3.20. The lowest BCUT2D eigenvalue weighted by molar-refractivity contribution is -0.123. The minimum Gasteiger partial charge on any atom is -0.484 e. The van der Waals surface area contributed by atoms with E-state index in [0.717, 1.165) is 19.5 Å². The Hall–Kier alpha value is -1.26. The molecule has 1 amide bonds. The second kappa shape index (κ2) is 7.36. The van der Waals surface area contributed by atoms with E-state index in [2.05, 4.69) is 10.6 Å². The van der Waals surface area contributed by atoms with E-state index in [0.29, 0.717) is 23.2 Å². The van der Waals surface area contributed by atoms with Crippen LogP contribution in [0, 0.1) is 5.92 Å². The van der Waals surface area contributed by atoms with E-state index in [1.165, 1.54) is 6.42 Å². The summed E-state index contributed by atoms with van der Waals surface area (Å²) in [6, 6.07) is 7.04. The predicted molar refractivity (Wildman–Crippen MR) is 75.6 cm³/mol. The van der Waals surface area contributed by atoms with Crippen LogP contribution in [0.1, 0.15) is 12.8 Å². The molecule has 19 heavy (non-hydrogen) atoms. The van der Waals surface area contributed by atoms with Gasteiger partial charge in [0, 0.05) is 11.6 Å². The maximum Gasteiger partial charge on any atom is 0.257 e. The lowest BCUT2D eigenvalue weighted by atomic mass is 10.1. The van der Waals surface area contributed by atoms with Gasteiger partial charge in [0.15, 0.2) is 6.61 Å². The largest absolute Gasteiger partial charge is 0.484 e. The van der Waals surface area contributed by atoms with Crippen LogP contribution in [-0.2, 0) is 4.79 Å². The summed E-state index contributed by atoms with van der Waals surface area (Å²) >= 11 is 5.83. The summed E-state index contributed by atoms with van der Waals surface area (Å²) in [6.07, 6.45) is 2.23. The average molecular weight is 283 g/mol. The summed E-state index contributed by atoms with van der Waals surface area (Å²) in [6.45, 7) is 2.90. The van der Waals surface area contributed by atoms with E-state index in [9.17, 15) is 4.79 Å². The predicted octanol–water partition coefficient (Wildman–Crippen LogP) is 1.83. The number of hydrogen-bond donors (Lipinski definition) is 2. The molecule has 1 aliphatic heterocycles. The van der Waals surface area contributed by atoms with E-state index in [-0.39, 0.29) is 12.5 Å². The number of ether oxygens (including phenoxy) is 1. The van der Waals surface area contributed by atoms with Crippen molar-refractivity contribution >= 4 is 17.5 Å². The second-order valence-corrected chi connectivity index (χ2v) is 5.18. The quantitative estimate of drug-likeness (QED) is 0.837. The molecule has 1 unspecified atom stereocenters. The molecule has 4 nitrogen and oxygen atoms in total. The minimum absolute atomic E-state index is 0.0310. The Morgan fingerprint density at radius 3 is 3.16 bits per heavy atom. The Labute approximate surface area is 118 Å². The van der Waals surface area contributed by atoms with Crippen molar-refractivity contribution < 1.29 is 9.53 Å². The van der Waals surface area contributed by atoms with Crippen LogP contribution in [0.15, 0.2) is 24.3 Å². The van der Waals surface area contributed by atoms with Gasteiger partial charge in [-0.2, -0.15) is 0 Å². The Balaban J connectivity index is 1.61. The maximum absolute atomic E-state index is 11.6. The number of rotatable bonds is 6. The summed E-state index contributed by atoms with van der Waals surface area (Å²) in [5, 5.41) is 6.79. The highest BCUT2D eigenvalue weighted by Crippen LogP contribution is 2.16. The molecule has 1 saturated heterocycles. The van der Waals surface area contributed by atoms with Crippen molar-refractivity contribution in [3.63, 3.8) is 0 Å². The molecule has 0 spiro atoms. The second-order valence-electron chi connectivity index (χ2n) is 4.74. The van der Waals surface area contributed by atoms with E-state index in [1.54, 1.807) is 24.3 Å². The molecule has 1 aromatic rings. The lowest BCUT2D eigenvalue weighted by Gasteiger charge is -2.10. The number of nitrogens with one attached hydrogen (secondary N) is 2. The molecule has 1 heterocycles. The van der Waals surface area contributed by atoms with Crippen LogP contribution in [0.2, 0.25) is 5.02 Å². The maximum atomic E-state index is 11.6. The Bertz CT molecular complexity index is 420. The van der Waals surface area contributed by atoms with Crippen molar-refractivity contribution in [3.8, 4) is 5.75 Å². The zero-order valence-electron chi connectivity index (χ0n) is 10.8. The minimum atomic E-state index is -0.0917. The SMILES string of the molecule is O=C(COc1cccc(Cl)c1)NCCC1CCNC1. The molecule has 5 heteroatoms. The summed E-state index contributed by atoms with van der Waals surface area (Å²) in [4.78, 5) is 11.6. The van der Waals surface area contributed by atoms with E-state index >= 15 is 0 Å². The third-order valence-corrected chi connectivity index (χ3v) is 3.44. The first-order chi connectivity index (χ1) is 9.24. The standard InChI is InChI=1S/C14H19ClN2O2/c15-12-2-1-3-13(8-12)19-10-14(18)17-7-5-11-4-6-16-9-11/h1-3,8,11,16H,4-7,9-10H2,(H,17,18). The topological polar surface area (TPSA) is 50.4 Å². The summed E-state index contributed by atoms with van der Waals surface area (Å²) in [7, 11) is 0. The van der Waals surface area contributed by atoms with Crippen LogP contribution in [0.25, 0.3) is 0 Å². The van der Waals surface area contributed by atoms with Crippen molar-refractivity contribution in [1.29, 1.82) is 0 Å². The molecule has 2 rings (SSSR count). The first-order valence-corrected chi connectivity index (χ1v) is 6.97. The molecular formula is C14H19ClN2O2. The van der Waals surface area contributed by atoms with Gasteiger partial charge < -0.3 is 15.4 Å². The van der Waals surface area contributed by atoms with Gasteiger partial charge in [-0.05, 0) is 50.0 Å². The fourth-order valence-corrected chi connectivity index (χ4v) is 2.31. The van der Waals surface area contributed by atoms with Crippen LogP contribution in [0.4, 0.5) is 0 Å². The molecule has 104 valence electrons. The molecule has 0 aromatic heterocycles. The van der Waals surface area contributed by atoms with Crippen LogP contribution in [0.3, 0.4) is 0 Å². The van der Waals surface area contributed by atoms with Gasteiger partial charge in [0.05, 0.1) is 0 Å². The van der Waals surface area contributed by atoms with Crippen LogP contribution in [0.5, 0.6) is 5.75 Å². The van der Waals surface area contributed by atoms with Gasteiger partial charge in [-0.25, -0.2) is 0 Å². The van der Waals surface area contributed by atoms with Crippen molar-refractivity contribution in [2.75, 3.05) is 26.2 Å². The molecule has 1 atom stereocenters. The highest BCUT2D eigenvalue weighted by Gasteiger charge is 2.14. The molecule has 0 radical (unpaired) electrons. The summed E-state index contributed by atoms with van der Waals surface area (Å²) in [5.41, 5.74) is 0. The van der Waals surface area contributed by atoms with E-state index in [4.69, 9.17) is 16.3 Å². The molecule has 1 aromatic carbocycles. The zero-order chi connectivity index (χ0) is 13.5. The molecule has 1 fully saturated rings. The number of amides is 1. The zero-order valence-corrected chi connectivity index (χ0v) is 11.6. The number of benzene rings is 1. The first kappa shape index (κ1) is 14.2. The highest BCUT2D eigenvalue weighted by molar-refractivity contribution is 6.30. The molecule has 0 aliphatic carbocycles. The van der Waals surface area contributed by atoms with Crippen LogP contribution < -0.4 is 15.4 Å². The average Bonchev–Trinajstić information content (AvgIpc) is 2.90. The van der Waals surface area contributed by atoms with Crippen molar-refractivity contribution in [1.82, 2.24) is 10.6 Å². The molecule has 0 bridgehead atoms. The smallest absolute Gasteiger partial charge is 0.257 e. The molecular weight excluding hydrogens is 264 g/mol. The molecule has 2 N–H and O–H groups in total. The van der Waals surface area contributed by atoms with Gasteiger partial charge in [0.25, 0.3) is 5.91 Å². The monoisotopic (exact) mass is 282 g/mol. The summed E-state index contributed by atoms with van der Waals surface area (Å²) in [5.74, 6) is 1.21.